The molecule has 0 aliphatic heterocycles. The number of sulfonamides is 1. The molecule has 0 saturated heterocycles. The third-order valence-corrected chi connectivity index (χ3v) is 8.39. The molecule has 2 aromatic carbocycles. The number of nitrogens with zero attached hydrogens (tertiary/aromatic N) is 3. The summed E-state index contributed by atoms with van der Waals surface area (Å²) in [5.74, 6) is -0.0344. The number of aromatic nitrogens is 1. The van der Waals surface area contributed by atoms with Crippen LogP contribution in [0.15, 0.2) is 94.0 Å². The van der Waals surface area contributed by atoms with E-state index in [0.717, 1.165) is 11.1 Å². The number of halogens is 2. The van der Waals surface area contributed by atoms with Crippen molar-refractivity contribution in [2.24, 2.45) is 0 Å². The second kappa shape index (κ2) is 12.9. The van der Waals surface area contributed by atoms with Gasteiger partial charge in [0.15, 0.2) is 0 Å². The van der Waals surface area contributed by atoms with E-state index in [0.29, 0.717) is 21.4 Å². The third-order valence-electron chi connectivity index (χ3n) is 5.84. The van der Waals surface area contributed by atoms with E-state index in [1.807, 2.05) is 13.0 Å². The van der Waals surface area contributed by atoms with Gasteiger partial charge in [0.25, 0.3) is 5.91 Å². The van der Waals surface area contributed by atoms with Gasteiger partial charge in [-0.2, -0.15) is 9.57 Å². The number of pyridine rings is 1. The number of nitrogens with one attached hydrogen (secondary N) is 1. The first-order chi connectivity index (χ1) is 19.2. The zero-order chi connectivity index (χ0) is 28.7. The molecule has 0 aliphatic carbocycles. The number of carbonyl (C=O) groups excluding carboxylic acids is 1. The zero-order valence-corrected chi connectivity index (χ0v) is 23.7. The molecule has 0 aliphatic rings. The van der Waals surface area contributed by atoms with Crippen LogP contribution < -0.4 is 5.32 Å². The second-order valence-electron chi connectivity index (χ2n) is 8.85. The highest BCUT2D eigenvalue weighted by Gasteiger charge is 2.26. The molecule has 8 nitrogen and oxygen atoms in total. The fraction of sp³-hybridized carbons (Fsp3) is 0.138. The van der Waals surface area contributed by atoms with Gasteiger partial charge in [-0.05, 0) is 60.5 Å². The predicted octanol–water partition coefficient (Wildman–Crippen LogP) is 5.90. The summed E-state index contributed by atoms with van der Waals surface area (Å²) in [4.78, 5) is 16.6. The van der Waals surface area contributed by atoms with E-state index in [2.05, 4.69) is 10.3 Å². The highest BCUT2D eigenvalue weighted by molar-refractivity contribution is 7.89. The van der Waals surface area contributed by atoms with E-state index in [1.54, 1.807) is 79.1 Å². The van der Waals surface area contributed by atoms with Crippen LogP contribution in [-0.2, 0) is 34.5 Å². The number of aryl methyl sites for hydroxylation is 1. The molecular weight excluding hydrogens is 571 g/mol. The van der Waals surface area contributed by atoms with Crippen molar-refractivity contribution in [1.29, 1.82) is 5.26 Å². The largest absolute Gasteiger partial charge is 0.460 e. The van der Waals surface area contributed by atoms with E-state index in [4.69, 9.17) is 27.6 Å². The predicted molar refractivity (Wildman–Crippen MR) is 152 cm³/mol. The highest BCUT2D eigenvalue weighted by atomic mass is 35.5. The first kappa shape index (κ1) is 29.1. The smallest absolute Gasteiger partial charge is 0.262 e. The van der Waals surface area contributed by atoms with E-state index < -0.39 is 15.9 Å². The van der Waals surface area contributed by atoms with Crippen molar-refractivity contribution in [3.05, 3.63) is 123 Å². The first-order valence-electron chi connectivity index (χ1n) is 12.0. The maximum absolute atomic E-state index is 13.6. The molecule has 0 radical (unpaired) electrons. The number of hydrogen-bond acceptors (Lipinski definition) is 6. The van der Waals surface area contributed by atoms with Gasteiger partial charge in [-0.3, -0.25) is 9.78 Å². The zero-order valence-electron chi connectivity index (χ0n) is 21.3. The number of furan rings is 1. The average molecular weight is 596 g/mol. The summed E-state index contributed by atoms with van der Waals surface area (Å²) >= 11 is 12.2. The SMILES string of the molecule is Cc1ccc(S(=O)(=O)N(Cc2ccc(Cl)c(Cl)c2)Cc2ccc(C=C(C#N)C(=O)NCc3cccnc3)o2)cc1. The molecule has 0 atom stereocenters. The molecule has 4 rings (SSSR count). The van der Waals surface area contributed by atoms with Crippen LogP contribution in [0.25, 0.3) is 6.08 Å². The van der Waals surface area contributed by atoms with Crippen molar-refractivity contribution in [2.75, 3.05) is 0 Å². The molecule has 1 N–H and O–H groups in total. The summed E-state index contributed by atoms with van der Waals surface area (Å²) in [6.07, 6.45) is 4.54. The Morgan fingerprint density at radius 3 is 2.50 bits per heavy atom. The Hall–Kier alpha value is -3.94. The Labute approximate surface area is 242 Å². The lowest BCUT2D eigenvalue weighted by atomic mass is 10.2. The maximum Gasteiger partial charge on any atom is 0.262 e. The van der Waals surface area contributed by atoms with Crippen molar-refractivity contribution >= 4 is 45.2 Å². The lowest BCUT2D eigenvalue weighted by molar-refractivity contribution is -0.117. The summed E-state index contributed by atoms with van der Waals surface area (Å²) in [5.41, 5.74) is 2.18. The summed E-state index contributed by atoms with van der Waals surface area (Å²) in [7, 11) is -3.94. The number of carbonyl (C=O) groups is 1. The summed E-state index contributed by atoms with van der Waals surface area (Å²) in [5, 5.41) is 12.9. The van der Waals surface area contributed by atoms with Crippen molar-refractivity contribution < 1.29 is 17.6 Å². The Balaban J connectivity index is 1.56. The molecule has 40 heavy (non-hydrogen) atoms. The number of benzene rings is 2. The third kappa shape index (κ3) is 7.37. The lowest BCUT2D eigenvalue weighted by Gasteiger charge is -2.22. The van der Waals surface area contributed by atoms with Crippen molar-refractivity contribution in [3.63, 3.8) is 0 Å². The Morgan fingerprint density at radius 2 is 1.82 bits per heavy atom. The quantitative estimate of drug-likeness (QED) is 0.180. The van der Waals surface area contributed by atoms with Crippen molar-refractivity contribution in [1.82, 2.24) is 14.6 Å². The van der Waals surface area contributed by atoms with Crippen LogP contribution in [0.4, 0.5) is 0 Å². The second-order valence-corrected chi connectivity index (χ2v) is 11.6. The molecule has 1 amide bonds. The van der Waals surface area contributed by atoms with Gasteiger partial charge < -0.3 is 9.73 Å². The molecule has 11 heteroatoms. The van der Waals surface area contributed by atoms with Crippen molar-refractivity contribution in [2.45, 2.75) is 31.5 Å². The van der Waals surface area contributed by atoms with Crippen LogP contribution in [0.3, 0.4) is 0 Å². The fourth-order valence-corrected chi connectivity index (χ4v) is 5.44. The Morgan fingerprint density at radius 1 is 1.05 bits per heavy atom. The Kier molecular flexibility index (Phi) is 9.40. The van der Waals surface area contributed by atoms with Gasteiger partial charge >= 0.3 is 0 Å². The Bertz CT molecular complexity index is 1680. The molecule has 2 heterocycles. The summed E-state index contributed by atoms with van der Waals surface area (Å²) < 4.78 is 34.3. The topological polar surface area (TPSA) is 116 Å². The van der Waals surface area contributed by atoms with Gasteiger partial charge in [-0.25, -0.2) is 8.42 Å². The molecule has 204 valence electrons. The van der Waals surface area contributed by atoms with Gasteiger partial charge in [0.2, 0.25) is 10.0 Å². The minimum absolute atomic E-state index is 0.000828. The van der Waals surface area contributed by atoms with Crippen molar-refractivity contribution in [3.8, 4) is 6.07 Å². The van der Waals surface area contributed by atoms with E-state index in [-0.39, 0.29) is 35.9 Å². The normalized spacial score (nSPS) is 11.8. The van der Waals surface area contributed by atoms with Crippen LogP contribution in [0.5, 0.6) is 0 Å². The molecule has 0 fully saturated rings. The van der Waals surface area contributed by atoms with Gasteiger partial charge in [0, 0.05) is 31.6 Å². The lowest BCUT2D eigenvalue weighted by Crippen LogP contribution is -2.30. The number of rotatable bonds is 10. The van der Waals surface area contributed by atoms with Gasteiger partial charge in [-0.15, -0.1) is 0 Å². The van der Waals surface area contributed by atoms with Crippen LogP contribution in [0, 0.1) is 18.3 Å². The minimum Gasteiger partial charge on any atom is -0.460 e. The van der Waals surface area contributed by atoms with E-state index in [1.165, 1.54) is 10.4 Å². The highest BCUT2D eigenvalue weighted by Crippen LogP contribution is 2.27. The molecule has 0 bridgehead atoms. The van der Waals surface area contributed by atoms with E-state index in [9.17, 15) is 18.5 Å². The molecule has 4 aromatic rings. The van der Waals surface area contributed by atoms with Gasteiger partial charge in [0.1, 0.15) is 23.2 Å². The van der Waals surface area contributed by atoms with Gasteiger partial charge in [-0.1, -0.05) is 53.0 Å². The number of nitriles is 1. The molecule has 0 saturated carbocycles. The van der Waals surface area contributed by atoms with Crippen LogP contribution in [0.1, 0.15) is 28.2 Å². The molecule has 0 spiro atoms. The van der Waals surface area contributed by atoms with Crippen LogP contribution in [0.2, 0.25) is 10.0 Å². The standard InChI is InChI=1S/C29H24Cl2N4O4S/c1-20-4-9-26(10-5-20)40(37,38)35(18-21-6-11-27(30)28(31)13-21)19-25-8-7-24(39-25)14-23(15-32)29(36)34-17-22-3-2-12-33-16-22/h2-14,16H,17-19H2,1H3,(H,34,36). The van der Waals surface area contributed by atoms with Crippen LogP contribution >= 0.6 is 23.2 Å². The molecule has 0 unspecified atom stereocenters. The molecular formula is C29H24Cl2N4O4S. The minimum atomic E-state index is -3.94. The maximum atomic E-state index is 13.6. The fourth-order valence-electron chi connectivity index (χ4n) is 3.73. The number of amides is 1. The molecule has 2 aromatic heterocycles. The average Bonchev–Trinajstić information content (AvgIpc) is 3.39. The first-order valence-corrected chi connectivity index (χ1v) is 14.2. The summed E-state index contributed by atoms with van der Waals surface area (Å²) in [6.45, 7) is 1.96. The van der Waals surface area contributed by atoms with E-state index >= 15 is 0 Å². The monoisotopic (exact) mass is 594 g/mol. The number of hydrogen-bond donors (Lipinski definition) is 1. The van der Waals surface area contributed by atoms with Gasteiger partial charge in [0.05, 0.1) is 21.5 Å². The van der Waals surface area contributed by atoms with Crippen LogP contribution in [-0.4, -0.2) is 23.6 Å². The summed E-state index contributed by atoms with van der Waals surface area (Å²) in [6, 6.07) is 20.0.